The Morgan fingerprint density at radius 2 is 1.86 bits per heavy atom. The lowest BCUT2D eigenvalue weighted by Gasteiger charge is -2.21. The molecule has 0 N–H and O–H groups in total. The molecular weight excluding hydrogens is 292 g/mol. The molecule has 2 aliphatic heterocycles. The summed E-state index contributed by atoms with van der Waals surface area (Å²) in [5.74, 6) is -0.762. The van der Waals surface area contributed by atoms with E-state index in [4.69, 9.17) is 14.2 Å². The van der Waals surface area contributed by atoms with Gasteiger partial charge in [-0.15, -0.1) is 0 Å². The van der Waals surface area contributed by atoms with Gasteiger partial charge in [-0.1, -0.05) is 17.7 Å². The number of rotatable bonds is 3. The van der Waals surface area contributed by atoms with Crippen molar-refractivity contribution in [3.8, 4) is 0 Å². The summed E-state index contributed by atoms with van der Waals surface area (Å²) >= 11 is 0. The highest BCUT2D eigenvalue weighted by atomic mass is 32.2. The van der Waals surface area contributed by atoms with Crippen molar-refractivity contribution in [3.05, 3.63) is 29.8 Å². The molecule has 6 heteroatoms. The number of benzene rings is 1. The van der Waals surface area contributed by atoms with E-state index in [2.05, 4.69) is 0 Å². The fourth-order valence-electron chi connectivity index (χ4n) is 2.82. The predicted octanol–water partition coefficient (Wildman–Crippen LogP) is 1.69. The van der Waals surface area contributed by atoms with Gasteiger partial charge in [0.05, 0.1) is 17.3 Å². The van der Waals surface area contributed by atoms with Crippen LogP contribution in [-0.2, 0) is 24.0 Å². The summed E-state index contributed by atoms with van der Waals surface area (Å²) < 4.78 is 42.0. The quantitative estimate of drug-likeness (QED) is 0.850. The topological polar surface area (TPSA) is 61.8 Å². The minimum absolute atomic E-state index is 0.0866. The molecule has 116 valence electrons. The van der Waals surface area contributed by atoms with Crippen LogP contribution in [0.1, 0.15) is 19.4 Å². The van der Waals surface area contributed by atoms with E-state index in [1.807, 2.05) is 20.8 Å². The summed E-state index contributed by atoms with van der Waals surface area (Å²) in [6.07, 6.45) is -0.985. The van der Waals surface area contributed by atoms with Crippen molar-refractivity contribution in [2.75, 3.05) is 12.4 Å². The van der Waals surface area contributed by atoms with Crippen LogP contribution in [0.25, 0.3) is 0 Å². The van der Waals surface area contributed by atoms with E-state index in [1.165, 1.54) is 0 Å². The van der Waals surface area contributed by atoms with E-state index in [9.17, 15) is 8.42 Å². The lowest BCUT2D eigenvalue weighted by atomic mass is 10.2. The van der Waals surface area contributed by atoms with Crippen LogP contribution in [0.2, 0.25) is 0 Å². The van der Waals surface area contributed by atoms with Crippen molar-refractivity contribution in [3.63, 3.8) is 0 Å². The van der Waals surface area contributed by atoms with E-state index >= 15 is 0 Å². The van der Waals surface area contributed by atoms with Gasteiger partial charge in [-0.2, -0.15) is 0 Å². The minimum atomic E-state index is -3.40. The van der Waals surface area contributed by atoms with Crippen LogP contribution in [0.5, 0.6) is 0 Å². The Labute approximate surface area is 125 Å². The Kier molecular flexibility index (Phi) is 3.60. The third kappa shape index (κ3) is 2.99. The highest BCUT2D eigenvalue weighted by Gasteiger charge is 2.51. The van der Waals surface area contributed by atoms with E-state index in [0.717, 1.165) is 5.56 Å². The molecule has 3 rings (SSSR count). The van der Waals surface area contributed by atoms with E-state index in [1.54, 1.807) is 24.3 Å². The molecule has 2 fully saturated rings. The molecule has 0 aliphatic carbocycles. The van der Waals surface area contributed by atoms with Crippen molar-refractivity contribution in [1.82, 2.24) is 0 Å². The molecule has 3 atom stereocenters. The van der Waals surface area contributed by atoms with Gasteiger partial charge in [0.1, 0.15) is 18.3 Å². The first-order valence-electron chi connectivity index (χ1n) is 7.03. The van der Waals surface area contributed by atoms with Gasteiger partial charge in [-0.05, 0) is 32.9 Å². The Balaban J connectivity index is 1.76. The SMILES string of the molecule is Cc1ccc(S(=O)(=O)C[C@H]2OC[C@H]3OC(C)(C)O[C@@H]23)cc1. The summed E-state index contributed by atoms with van der Waals surface area (Å²) in [5.41, 5.74) is 1.03. The minimum Gasteiger partial charge on any atom is -0.372 e. The maximum Gasteiger partial charge on any atom is 0.181 e. The van der Waals surface area contributed by atoms with Crippen LogP contribution in [0.15, 0.2) is 29.2 Å². The molecule has 0 amide bonds. The number of hydrogen-bond donors (Lipinski definition) is 0. The molecule has 5 nitrogen and oxygen atoms in total. The normalized spacial score (nSPS) is 31.3. The second kappa shape index (κ2) is 5.05. The molecule has 0 bridgehead atoms. The molecule has 1 aromatic rings. The highest BCUT2D eigenvalue weighted by Crippen LogP contribution is 2.36. The van der Waals surface area contributed by atoms with E-state index in [-0.39, 0.29) is 18.0 Å². The van der Waals surface area contributed by atoms with Gasteiger partial charge >= 0.3 is 0 Å². The number of hydrogen-bond acceptors (Lipinski definition) is 5. The third-order valence-electron chi connectivity index (χ3n) is 3.83. The second-order valence-electron chi connectivity index (χ2n) is 6.10. The number of aryl methyl sites for hydroxylation is 1. The Hall–Kier alpha value is -0.950. The van der Waals surface area contributed by atoms with E-state index in [0.29, 0.717) is 11.5 Å². The molecule has 21 heavy (non-hydrogen) atoms. The average molecular weight is 312 g/mol. The van der Waals surface area contributed by atoms with Crippen LogP contribution in [0.3, 0.4) is 0 Å². The van der Waals surface area contributed by atoms with Gasteiger partial charge < -0.3 is 14.2 Å². The molecule has 0 unspecified atom stereocenters. The smallest absolute Gasteiger partial charge is 0.181 e. The highest BCUT2D eigenvalue weighted by molar-refractivity contribution is 7.91. The van der Waals surface area contributed by atoms with Crippen LogP contribution in [0, 0.1) is 6.92 Å². The Bertz CT molecular complexity index is 620. The summed E-state index contributed by atoms with van der Waals surface area (Å²) in [5, 5.41) is 0. The number of sulfone groups is 1. The first-order chi connectivity index (χ1) is 9.77. The largest absolute Gasteiger partial charge is 0.372 e. The third-order valence-corrected chi connectivity index (χ3v) is 5.58. The molecule has 1 aromatic carbocycles. The van der Waals surface area contributed by atoms with Crippen molar-refractivity contribution >= 4 is 9.84 Å². The molecule has 0 radical (unpaired) electrons. The van der Waals surface area contributed by atoms with Crippen molar-refractivity contribution in [2.24, 2.45) is 0 Å². The lowest BCUT2D eigenvalue weighted by molar-refractivity contribution is -0.172. The zero-order chi connectivity index (χ0) is 15.3. The van der Waals surface area contributed by atoms with Gasteiger partial charge in [0.2, 0.25) is 0 Å². The monoisotopic (exact) mass is 312 g/mol. The predicted molar refractivity (Wildman–Crippen MR) is 76.8 cm³/mol. The second-order valence-corrected chi connectivity index (χ2v) is 8.14. The molecular formula is C15H20O5S. The summed E-state index contributed by atoms with van der Waals surface area (Å²) in [7, 11) is -3.40. The van der Waals surface area contributed by atoms with Gasteiger partial charge in [0.15, 0.2) is 15.6 Å². The van der Waals surface area contributed by atoms with Gasteiger partial charge in [-0.3, -0.25) is 0 Å². The van der Waals surface area contributed by atoms with Gasteiger partial charge in [0.25, 0.3) is 0 Å². The fourth-order valence-corrected chi connectivity index (χ4v) is 4.28. The van der Waals surface area contributed by atoms with Crippen LogP contribution >= 0.6 is 0 Å². The maximum atomic E-state index is 12.5. The standard InChI is InChI=1S/C15H20O5S/c1-10-4-6-11(7-5-10)21(16,17)9-13-14-12(8-18-13)19-15(2,3)20-14/h4-7,12-14H,8-9H2,1-3H3/t12-,13-,14-/m1/s1. The first kappa shape index (κ1) is 15.0. The van der Waals surface area contributed by atoms with Crippen molar-refractivity contribution in [2.45, 2.75) is 49.8 Å². The van der Waals surface area contributed by atoms with Gasteiger partial charge in [0, 0.05) is 0 Å². The first-order valence-corrected chi connectivity index (χ1v) is 8.69. The van der Waals surface area contributed by atoms with Gasteiger partial charge in [-0.25, -0.2) is 8.42 Å². The fraction of sp³-hybridized carbons (Fsp3) is 0.600. The summed E-state index contributed by atoms with van der Waals surface area (Å²) in [4.78, 5) is 0.318. The lowest BCUT2D eigenvalue weighted by Crippen LogP contribution is -2.34. The van der Waals surface area contributed by atoms with Crippen LogP contribution in [0.4, 0.5) is 0 Å². The van der Waals surface area contributed by atoms with Crippen molar-refractivity contribution in [1.29, 1.82) is 0 Å². The molecule has 0 saturated carbocycles. The molecule has 2 heterocycles. The Morgan fingerprint density at radius 1 is 1.19 bits per heavy atom. The zero-order valence-corrected chi connectivity index (χ0v) is 13.2. The zero-order valence-electron chi connectivity index (χ0n) is 12.4. The maximum absolute atomic E-state index is 12.5. The molecule has 2 aliphatic rings. The summed E-state index contributed by atoms with van der Waals surface area (Å²) in [6.45, 7) is 5.96. The Morgan fingerprint density at radius 3 is 2.52 bits per heavy atom. The van der Waals surface area contributed by atoms with Crippen LogP contribution < -0.4 is 0 Å². The molecule has 0 aromatic heterocycles. The molecule has 2 saturated heterocycles. The van der Waals surface area contributed by atoms with Crippen molar-refractivity contribution < 1.29 is 22.6 Å². The van der Waals surface area contributed by atoms with E-state index < -0.39 is 21.7 Å². The average Bonchev–Trinajstić information content (AvgIpc) is 2.86. The number of fused-ring (bicyclic) bond motifs is 1. The van der Waals surface area contributed by atoms with Crippen LogP contribution in [-0.4, -0.2) is 44.9 Å². The molecule has 0 spiro atoms. The number of ether oxygens (including phenoxy) is 3. The summed E-state index contributed by atoms with van der Waals surface area (Å²) in [6, 6.07) is 6.85.